The minimum atomic E-state index is 0.599. The van der Waals surface area contributed by atoms with Crippen LogP contribution < -0.4 is 0 Å². The molecule has 0 amide bonds. The van der Waals surface area contributed by atoms with Crippen LogP contribution in [0.1, 0.15) is 42.4 Å². The van der Waals surface area contributed by atoms with E-state index in [1.165, 1.54) is 46.4 Å². The van der Waals surface area contributed by atoms with E-state index in [1.807, 2.05) is 22.7 Å². The van der Waals surface area contributed by atoms with Crippen molar-refractivity contribution in [3.05, 3.63) is 21.9 Å². The largest absolute Gasteiger partial charge is 0.140 e. The smallest absolute Gasteiger partial charge is 0.0456 e. The molecule has 16 heavy (non-hydrogen) atoms. The van der Waals surface area contributed by atoms with Crippen molar-refractivity contribution in [2.75, 3.05) is 0 Å². The van der Waals surface area contributed by atoms with Crippen molar-refractivity contribution in [1.29, 1.82) is 0 Å². The van der Waals surface area contributed by atoms with Gasteiger partial charge in [0.25, 0.3) is 0 Å². The molecule has 0 spiro atoms. The second-order valence-electron chi connectivity index (χ2n) is 5.49. The van der Waals surface area contributed by atoms with Gasteiger partial charge in [-0.05, 0) is 43.7 Å². The summed E-state index contributed by atoms with van der Waals surface area (Å²) in [4.78, 5) is 3.05. The van der Waals surface area contributed by atoms with Gasteiger partial charge >= 0.3 is 0 Å². The van der Waals surface area contributed by atoms with Gasteiger partial charge in [-0.2, -0.15) is 0 Å². The van der Waals surface area contributed by atoms with Gasteiger partial charge in [-0.1, -0.05) is 19.8 Å². The van der Waals surface area contributed by atoms with Gasteiger partial charge in [0.2, 0.25) is 0 Å². The maximum atomic E-state index is 2.47. The molecule has 2 aromatic rings. The Morgan fingerprint density at radius 3 is 2.50 bits per heavy atom. The van der Waals surface area contributed by atoms with Gasteiger partial charge in [-0.25, -0.2) is 0 Å². The molecule has 0 saturated heterocycles. The second kappa shape index (κ2) is 3.85. The quantitative estimate of drug-likeness (QED) is 0.670. The van der Waals surface area contributed by atoms with Crippen molar-refractivity contribution >= 4 is 32.1 Å². The van der Waals surface area contributed by atoms with Crippen molar-refractivity contribution in [2.45, 2.75) is 46.0 Å². The van der Waals surface area contributed by atoms with Crippen LogP contribution >= 0.6 is 22.7 Å². The van der Waals surface area contributed by atoms with Crippen LogP contribution in [-0.2, 0) is 6.42 Å². The van der Waals surface area contributed by atoms with E-state index in [2.05, 4.69) is 26.0 Å². The Bertz CT molecular complexity index is 466. The Labute approximate surface area is 105 Å². The molecular formula is C14H18S2. The second-order valence-corrected chi connectivity index (χ2v) is 7.95. The molecule has 86 valence electrons. The molecule has 1 saturated carbocycles. The van der Waals surface area contributed by atoms with E-state index < -0.39 is 0 Å². The lowest BCUT2D eigenvalue weighted by molar-refractivity contribution is 0.337. The maximum absolute atomic E-state index is 2.47. The molecule has 2 heterocycles. The minimum Gasteiger partial charge on any atom is -0.140 e. The Balaban J connectivity index is 1.86. The van der Waals surface area contributed by atoms with E-state index in [9.17, 15) is 0 Å². The first-order valence-electron chi connectivity index (χ1n) is 6.14. The zero-order chi connectivity index (χ0) is 11.2. The Morgan fingerprint density at radius 1 is 1.12 bits per heavy atom. The first-order valence-corrected chi connectivity index (χ1v) is 7.77. The Morgan fingerprint density at radius 2 is 1.81 bits per heavy atom. The molecule has 0 atom stereocenters. The fraction of sp³-hybridized carbons (Fsp3) is 0.571. The monoisotopic (exact) mass is 250 g/mol. The molecule has 0 aromatic carbocycles. The lowest BCUT2D eigenvalue weighted by atomic mass is 9.85. The summed E-state index contributed by atoms with van der Waals surface area (Å²) in [5.41, 5.74) is 0.599. The van der Waals surface area contributed by atoms with Crippen LogP contribution in [0.3, 0.4) is 0 Å². The van der Waals surface area contributed by atoms with Gasteiger partial charge in [0.1, 0.15) is 0 Å². The third-order valence-electron chi connectivity index (χ3n) is 3.79. The summed E-state index contributed by atoms with van der Waals surface area (Å²) in [5, 5.41) is 0. The molecular weight excluding hydrogens is 232 g/mol. The van der Waals surface area contributed by atoms with Crippen LogP contribution in [0.2, 0.25) is 0 Å². The van der Waals surface area contributed by atoms with E-state index in [4.69, 9.17) is 0 Å². The third-order valence-corrected chi connectivity index (χ3v) is 6.00. The van der Waals surface area contributed by atoms with Gasteiger partial charge in [-0.15, -0.1) is 22.7 Å². The topological polar surface area (TPSA) is 0 Å². The highest BCUT2D eigenvalue weighted by molar-refractivity contribution is 7.27. The van der Waals surface area contributed by atoms with Crippen molar-refractivity contribution < 1.29 is 0 Å². The van der Waals surface area contributed by atoms with E-state index in [0.29, 0.717) is 5.41 Å². The van der Waals surface area contributed by atoms with Crippen molar-refractivity contribution in [1.82, 2.24) is 0 Å². The van der Waals surface area contributed by atoms with Crippen LogP contribution in [0.15, 0.2) is 12.1 Å². The molecule has 1 aliphatic carbocycles. The lowest BCUT2D eigenvalue weighted by Gasteiger charge is -2.22. The Hall–Kier alpha value is -0.340. The molecule has 1 aliphatic rings. The number of fused-ring (bicyclic) bond motifs is 1. The number of thiophene rings is 2. The molecule has 0 unspecified atom stereocenters. The zero-order valence-corrected chi connectivity index (χ0v) is 11.6. The lowest BCUT2D eigenvalue weighted by Crippen LogP contribution is -2.13. The predicted molar refractivity (Wildman–Crippen MR) is 74.7 cm³/mol. The van der Waals surface area contributed by atoms with Crippen LogP contribution in [0.25, 0.3) is 9.40 Å². The number of hydrogen-bond acceptors (Lipinski definition) is 2. The normalized spacial score (nSPS) is 19.6. The highest BCUT2D eigenvalue weighted by Crippen LogP contribution is 2.43. The molecule has 2 heteroatoms. The van der Waals surface area contributed by atoms with Crippen LogP contribution in [0.4, 0.5) is 0 Å². The molecule has 0 nitrogen and oxygen atoms in total. The van der Waals surface area contributed by atoms with Crippen molar-refractivity contribution in [3.8, 4) is 0 Å². The molecule has 3 rings (SSSR count). The van der Waals surface area contributed by atoms with Crippen molar-refractivity contribution in [3.63, 3.8) is 0 Å². The average molecular weight is 250 g/mol. The van der Waals surface area contributed by atoms with Crippen LogP contribution in [-0.4, -0.2) is 0 Å². The third kappa shape index (κ3) is 1.93. The fourth-order valence-electron chi connectivity index (χ4n) is 2.92. The summed E-state index contributed by atoms with van der Waals surface area (Å²) in [7, 11) is 0. The first-order chi connectivity index (χ1) is 7.65. The van der Waals surface area contributed by atoms with Crippen LogP contribution in [0, 0.1) is 12.3 Å². The summed E-state index contributed by atoms with van der Waals surface area (Å²) in [6.07, 6.45) is 7.04. The predicted octanol–water partition coefficient (Wildman–Crippen LogP) is 5.39. The van der Waals surface area contributed by atoms with Gasteiger partial charge in [0.05, 0.1) is 0 Å². The van der Waals surface area contributed by atoms with Gasteiger partial charge in [0.15, 0.2) is 0 Å². The first kappa shape index (κ1) is 10.8. The number of rotatable bonds is 2. The van der Waals surface area contributed by atoms with Gasteiger partial charge < -0.3 is 0 Å². The fourth-order valence-corrected chi connectivity index (χ4v) is 5.48. The SMILES string of the molecule is Cc1cc2sc(CC3(C)CCCC3)cc2s1. The van der Waals surface area contributed by atoms with E-state index in [0.717, 1.165) is 0 Å². The summed E-state index contributed by atoms with van der Waals surface area (Å²) in [5.74, 6) is 0. The molecule has 1 fully saturated rings. The van der Waals surface area contributed by atoms with E-state index in [1.54, 1.807) is 4.88 Å². The van der Waals surface area contributed by atoms with Gasteiger partial charge in [0, 0.05) is 19.2 Å². The molecule has 0 radical (unpaired) electrons. The van der Waals surface area contributed by atoms with E-state index in [-0.39, 0.29) is 0 Å². The summed E-state index contributed by atoms with van der Waals surface area (Å²) in [6.45, 7) is 4.68. The van der Waals surface area contributed by atoms with Gasteiger partial charge in [-0.3, -0.25) is 0 Å². The molecule has 2 aromatic heterocycles. The maximum Gasteiger partial charge on any atom is 0.0456 e. The molecule has 0 bridgehead atoms. The zero-order valence-electron chi connectivity index (χ0n) is 10.0. The highest BCUT2D eigenvalue weighted by atomic mass is 32.1. The molecule has 0 N–H and O–H groups in total. The molecule has 0 aliphatic heterocycles. The highest BCUT2D eigenvalue weighted by Gasteiger charge is 2.29. The van der Waals surface area contributed by atoms with Crippen LogP contribution in [0.5, 0.6) is 0 Å². The van der Waals surface area contributed by atoms with Crippen molar-refractivity contribution in [2.24, 2.45) is 5.41 Å². The Kier molecular flexibility index (Phi) is 2.60. The average Bonchev–Trinajstić information content (AvgIpc) is 2.81. The summed E-state index contributed by atoms with van der Waals surface area (Å²) in [6, 6.07) is 4.77. The summed E-state index contributed by atoms with van der Waals surface area (Å²) >= 11 is 3.95. The number of aryl methyl sites for hydroxylation is 1. The van der Waals surface area contributed by atoms with E-state index >= 15 is 0 Å². The summed E-state index contributed by atoms with van der Waals surface area (Å²) < 4.78 is 3.00. The minimum absolute atomic E-state index is 0.599. The standard InChI is InChI=1S/C14H18S2/c1-10-7-12-13(15-10)8-11(16-12)9-14(2)5-3-4-6-14/h7-8H,3-6,9H2,1-2H3. The number of hydrogen-bond donors (Lipinski definition) is 0.